The maximum Gasteiger partial charge on any atom is 1.00 e. The van der Waals surface area contributed by atoms with Crippen molar-refractivity contribution in [3.8, 4) is 0 Å². The summed E-state index contributed by atoms with van der Waals surface area (Å²) in [6.07, 6.45) is 1.63. The summed E-state index contributed by atoms with van der Waals surface area (Å²) in [5.74, 6) is 0. The zero-order valence-electron chi connectivity index (χ0n) is 7.38. The topological polar surface area (TPSA) is 87.5 Å². The van der Waals surface area contributed by atoms with Crippen LogP contribution >= 0.6 is 11.6 Å². The van der Waals surface area contributed by atoms with Crippen molar-refractivity contribution in [2.45, 2.75) is 0 Å². The number of hydrogen-bond acceptors (Lipinski definition) is 3. The van der Waals surface area contributed by atoms with E-state index in [0.717, 1.165) is 5.56 Å². The summed E-state index contributed by atoms with van der Waals surface area (Å²) < 4.78 is 31.6. The van der Waals surface area contributed by atoms with Crippen molar-refractivity contribution in [3.63, 3.8) is 0 Å². The number of nitrogens with zero attached hydrogens (tertiary/aromatic N) is 1. The van der Waals surface area contributed by atoms with Crippen molar-refractivity contribution in [1.82, 2.24) is 4.98 Å². The zero-order valence-corrected chi connectivity index (χ0v) is 11.0. The van der Waals surface area contributed by atoms with Crippen LogP contribution in [0.25, 0.3) is 0 Å². The van der Waals surface area contributed by atoms with Crippen LogP contribution in [0, 0.1) is 6.92 Å². The van der Waals surface area contributed by atoms with E-state index in [9.17, 15) is 0 Å². The summed E-state index contributed by atoms with van der Waals surface area (Å²) in [4.78, 5) is 3.78. The minimum atomic E-state index is -4.67. The smallest absolute Gasteiger partial charge is 0.311 e. The molecule has 14 heavy (non-hydrogen) atoms. The van der Waals surface area contributed by atoms with Gasteiger partial charge in [-0.05, 0) is 0 Å². The van der Waals surface area contributed by atoms with Gasteiger partial charge in [-0.15, -0.1) is 0 Å². The van der Waals surface area contributed by atoms with E-state index in [1.807, 2.05) is 6.07 Å². The fourth-order valence-corrected chi connectivity index (χ4v) is 0.518. The Morgan fingerprint density at radius 3 is 2.00 bits per heavy atom. The second-order valence-electron chi connectivity index (χ2n) is 1.94. The molecule has 0 bridgehead atoms. The number of rotatable bonds is 0. The second-order valence-corrected chi connectivity index (χ2v) is 3.22. The minimum Gasteiger partial charge on any atom is -0.311 e. The Labute approximate surface area is 109 Å². The Kier molecular flexibility index (Phi) is 8.86. The summed E-state index contributed by atoms with van der Waals surface area (Å²) in [5, 5.41) is 0.511. The van der Waals surface area contributed by atoms with Crippen LogP contribution in [-0.4, -0.2) is 22.5 Å². The van der Waals surface area contributed by atoms with Gasteiger partial charge in [0.2, 0.25) is 0 Å². The quantitative estimate of drug-likeness (QED) is 0.246. The summed E-state index contributed by atoms with van der Waals surface area (Å²) in [5.41, 5.74) is 0.884. The summed E-state index contributed by atoms with van der Waals surface area (Å²) >= 11 is 5.47. The molecule has 1 heterocycles. The molecule has 0 aliphatic carbocycles. The maximum atomic E-state index is 8.74. The summed E-state index contributed by atoms with van der Waals surface area (Å²) in [6.45, 7) is 3.64. The molecule has 0 fully saturated rings. The van der Waals surface area contributed by atoms with Gasteiger partial charge in [-0.1, -0.05) is 23.9 Å². The fraction of sp³-hybridized carbons (Fsp3) is 0. The van der Waals surface area contributed by atoms with Gasteiger partial charge in [0, 0.05) is 0 Å². The van der Waals surface area contributed by atoms with Crippen molar-refractivity contribution < 1.29 is 47.1 Å². The van der Waals surface area contributed by atoms with Gasteiger partial charge >= 0.3 is 40.0 Å². The molecule has 74 valence electrons. The summed E-state index contributed by atoms with van der Waals surface area (Å²) in [6, 6.07) is 3.53. The van der Waals surface area contributed by atoms with Crippen molar-refractivity contribution in [1.29, 1.82) is 0 Å². The fourth-order valence-electron chi connectivity index (χ4n) is 0.406. The van der Waals surface area contributed by atoms with E-state index >= 15 is 0 Å². The molecule has 1 aromatic rings. The predicted molar refractivity (Wildman–Crippen MR) is 47.9 cm³/mol. The largest absolute Gasteiger partial charge is 1.00 e. The molecule has 0 saturated carbocycles. The van der Waals surface area contributed by atoms with Gasteiger partial charge in [-0.2, -0.15) is 27.0 Å². The molecule has 0 radical (unpaired) electrons. The molecule has 0 saturated heterocycles. The first kappa shape index (κ1) is 16.6. The number of halogens is 1. The van der Waals surface area contributed by atoms with E-state index in [1.54, 1.807) is 12.3 Å². The molecule has 0 aromatic carbocycles. The van der Waals surface area contributed by atoms with Crippen LogP contribution in [-0.2, 0) is 10.4 Å². The van der Waals surface area contributed by atoms with Gasteiger partial charge in [-0.3, -0.25) is 9.11 Å². The Morgan fingerprint density at radius 1 is 1.36 bits per heavy atom. The average Bonchev–Trinajstić information content (AvgIpc) is 1.92. The molecular formula is C6H7ClNNaO4S. The van der Waals surface area contributed by atoms with Gasteiger partial charge in [-0.25, -0.2) is 0 Å². The molecular weight excluding hydrogens is 241 g/mol. The van der Waals surface area contributed by atoms with Gasteiger partial charge in [0.05, 0.1) is 0 Å². The minimum absolute atomic E-state index is 0. The van der Waals surface area contributed by atoms with Gasteiger partial charge in [0.15, 0.2) is 0 Å². The average molecular weight is 248 g/mol. The normalized spacial score (nSPS) is 9.36. The second kappa shape index (κ2) is 7.47. The molecule has 0 aliphatic heterocycles. The monoisotopic (exact) mass is 247 g/mol. The SMILES string of the molecule is O=S(=O)(O)O.[CH2-]c1ccc(Cl)nc1.[Na+]. The van der Waals surface area contributed by atoms with Crippen molar-refractivity contribution in [3.05, 3.63) is 36.0 Å². The first-order chi connectivity index (χ1) is 5.79. The molecule has 5 nitrogen and oxygen atoms in total. The van der Waals surface area contributed by atoms with E-state index in [1.165, 1.54) is 0 Å². The van der Waals surface area contributed by atoms with Crippen LogP contribution < -0.4 is 29.6 Å². The molecule has 1 aromatic heterocycles. The molecule has 2 N–H and O–H groups in total. The number of aromatic nitrogens is 1. The van der Waals surface area contributed by atoms with Crippen LogP contribution in [0.2, 0.25) is 5.15 Å². The van der Waals surface area contributed by atoms with E-state index in [2.05, 4.69) is 11.9 Å². The van der Waals surface area contributed by atoms with E-state index in [-0.39, 0.29) is 29.6 Å². The first-order valence-corrected chi connectivity index (χ1v) is 4.70. The first-order valence-electron chi connectivity index (χ1n) is 2.92. The standard InChI is InChI=1S/C6H5ClN.Na.H2O4S/c1-5-2-3-6(7)8-4-5;;1-5(2,3)4/h2-4H,1H2;;(H2,1,2,3,4)/q-1;+1;. The van der Waals surface area contributed by atoms with E-state index < -0.39 is 10.4 Å². The molecule has 0 spiro atoms. The number of hydrogen-bond donors (Lipinski definition) is 2. The Morgan fingerprint density at radius 2 is 1.79 bits per heavy atom. The van der Waals surface area contributed by atoms with Crippen LogP contribution in [0.5, 0.6) is 0 Å². The molecule has 1 rings (SSSR count). The van der Waals surface area contributed by atoms with Gasteiger partial charge < -0.3 is 4.98 Å². The van der Waals surface area contributed by atoms with Crippen molar-refractivity contribution >= 4 is 22.0 Å². The van der Waals surface area contributed by atoms with Crippen molar-refractivity contribution in [2.75, 3.05) is 0 Å². The third-order valence-electron chi connectivity index (χ3n) is 0.789. The third-order valence-corrected chi connectivity index (χ3v) is 1.01. The molecule has 8 heteroatoms. The van der Waals surface area contributed by atoms with Crippen LogP contribution in [0.4, 0.5) is 0 Å². The molecule has 0 atom stereocenters. The molecule has 0 amide bonds. The van der Waals surface area contributed by atoms with Crippen molar-refractivity contribution in [2.24, 2.45) is 0 Å². The van der Waals surface area contributed by atoms with E-state index in [0.29, 0.717) is 5.15 Å². The third kappa shape index (κ3) is 14.7. The zero-order chi connectivity index (χ0) is 10.5. The van der Waals surface area contributed by atoms with E-state index in [4.69, 9.17) is 29.1 Å². The Hall–Kier alpha value is 0.180. The predicted octanol–water partition coefficient (Wildman–Crippen LogP) is -1.73. The van der Waals surface area contributed by atoms with Crippen LogP contribution in [0.15, 0.2) is 18.3 Å². The Balaban J connectivity index is 0. The van der Waals surface area contributed by atoms with Gasteiger partial charge in [0.1, 0.15) is 5.15 Å². The number of pyridine rings is 1. The molecule has 0 unspecified atom stereocenters. The summed E-state index contributed by atoms with van der Waals surface area (Å²) in [7, 11) is -4.67. The Bertz CT molecular complexity index is 324. The maximum absolute atomic E-state index is 8.74. The molecule has 0 aliphatic rings. The van der Waals surface area contributed by atoms with Gasteiger partial charge in [0.25, 0.3) is 0 Å². The van der Waals surface area contributed by atoms with Crippen LogP contribution in [0.1, 0.15) is 5.56 Å². The van der Waals surface area contributed by atoms with Crippen LogP contribution in [0.3, 0.4) is 0 Å².